The number of methoxy groups -OCH3 is 1. The summed E-state index contributed by atoms with van der Waals surface area (Å²) in [5.41, 5.74) is 2.97. The Morgan fingerprint density at radius 2 is 2.12 bits per heavy atom. The molecular weight excluding hydrogens is 212 g/mol. The van der Waals surface area contributed by atoms with Gasteiger partial charge in [0.25, 0.3) is 0 Å². The van der Waals surface area contributed by atoms with Crippen molar-refractivity contribution >= 4 is 0 Å². The third-order valence-electron chi connectivity index (χ3n) is 4.49. The highest BCUT2D eigenvalue weighted by Crippen LogP contribution is 2.45. The second kappa shape index (κ2) is 4.34. The zero-order valence-corrected chi connectivity index (χ0v) is 10.4. The van der Waals surface area contributed by atoms with Crippen LogP contribution in [0.15, 0.2) is 18.2 Å². The summed E-state index contributed by atoms with van der Waals surface area (Å²) >= 11 is 0. The Labute approximate surface area is 103 Å². The number of fused-ring (bicyclic) bond motifs is 3. The first kappa shape index (κ1) is 11.1. The maximum absolute atomic E-state index is 9.76. The van der Waals surface area contributed by atoms with E-state index in [1.807, 2.05) is 0 Å². The third kappa shape index (κ3) is 1.95. The largest absolute Gasteiger partial charge is 0.497 e. The minimum atomic E-state index is -0.0592. The smallest absolute Gasteiger partial charge is 0.119 e. The minimum Gasteiger partial charge on any atom is -0.497 e. The predicted octanol–water partition coefficient (Wildman–Crippen LogP) is 2.89. The van der Waals surface area contributed by atoms with Crippen molar-refractivity contribution in [3.63, 3.8) is 0 Å². The summed E-state index contributed by atoms with van der Waals surface area (Å²) < 4.78 is 5.29. The molecule has 1 aromatic rings. The van der Waals surface area contributed by atoms with Gasteiger partial charge >= 0.3 is 0 Å². The Bertz CT molecular complexity index is 413. The Hall–Kier alpha value is -1.02. The van der Waals surface area contributed by atoms with Crippen LogP contribution in [0.4, 0.5) is 0 Å². The fraction of sp³-hybridized carbons (Fsp3) is 0.600. The van der Waals surface area contributed by atoms with E-state index in [2.05, 4.69) is 18.2 Å². The summed E-state index contributed by atoms with van der Waals surface area (Å²) in [6, 6.07) is 6.51. The molecule has 0 aliphatic heterocycles. The molecule has 17 heavy (non-hydrogen) atoms. The zero-order valence-electron chi connectivity index (χ0n) is 10.4. The van der Waals surface area contributed by atoms with Crippen molar-refractivity contribution in [2.45, 2.75) is 44.1 Å². The van der Waals surface area contributed by atoms with Crippen molar-refractivity contribution in [2.75, 3.05) is 7.11 Å². The molecule has 1 fully saturated rings. The number of benzene rings is 1. The van der Waals surface area contributed by atoms with Gasteiger partial charge in [0.05, 0.1) is 13.2 Å². The van der Waals surface area contributed by atoms with Gasteiger partial charge in [-0.2, -0.15) is 0 Å². The van der Waals surface area contributed by atoms with Gasteiger partial charge < -0.3 is 9.84 Å². The van der Waals surface area contributed by atoms with Gasteiger partial charge in [-0.1, -0.05) is 6.07 Å². The second-order valence-electron chi connectivity index (χ2n) is 5.44. The number of aliphatic hydroxyl groups is 1. The molecule has 1 saturated carbocycles. The fourth-order valence-electron chi connectivity index (χ4n) is 3.60. The van der Waals surface area contributed by atoms with Gasteiger partial charge in [0.1, 0.15) is 5.75 Å². The molecule has 2 heteroatoms. The Balaban J connectivity index is 1.91. The van der Waals surface area contributed by atoms with Crippen molar-refractivity contribution < 1.29 is 9.84 Å². The van der Waals surface area contributed by atoms with Gasteiger partial charge in [0, 0.05) is 0 Å². The van der Waals surface area contributed by atoms with E-state index >= 15 is 0 Å². The molecule has 0 saturated heterocycles. The number of hydrogen-bond acceptors (Lipinski definition) is 2. The zero-order chi connectivity index (χ0) is 11.8. The number of aryl methyl sites for hydroxylation is 1. The van der Waals surface area contributed by atoms with Crippen LogP contribution in [0.1, 0.15) is 42.7 Å². The standard InChI is InChI=1S/C15H20O2/c1-17-13-5-7-15-11(9-13)3-2-10-8-12(16)4-6-14(10)15/h5,7,9-10,12,14,16H,2-4,6,8H2,1H3/t10-,12-,14+/m0/s1. The van der Waals surface area contributed by atoms with Gasteiger partial charge in [-0.05, 0) is 67.2 Å². The monoisotopic (exact) mass is 232 g/mol. The molecule has 0 aromatic heterocycles. The van der Waals surface area contributed by atoms with Crippen LogP contribution in [0, 0.1) is 5.92 Å². The number of rotatable bonds is 1. The number of ether oxygens (including phenoxy) is 1. The first-order chi connectivity index (χ1) is 8.28. The van der Waals surface area contributed by atoms with Gasteiger partial charge in [0.2, 0.25) is 0 Å². The molecule has 2 aliphatic carbocycles. The molecule has 2 aliphatic rings. The first-order valence-corrected chi connectivity index (χ1v) is 6.63. The Kier molecular flexibility index (Phi) is 2.83. The lowest BCUT2D eigenvalue weighted by Crippen LogP contribution is -2.30. The average Bonchev–Trinajstić information content (AvgIpc) is 2.37. The summed E-state index contributed by atoms with van der Waals surface area (Å²) in [5, 5.41) is 9.76. The molecule has 0 bridgehead atoms. The minimum absolute atomic E-state index is 0.0592. The summed E-state index contributed by atoms with van der Waals surface area (Å²) in [7, 11) is 1.73. The van der Waals surface area contributed by atoms with Crippen LogP contribution in [0.5, 0.6) is 5.75 Å². The van der Waals surface area contributed by atoms with Crippen LogP contribution in [-0.4, -0.2) is 18.3 Å². The molecule has 2 nitrogen and oxygen atoms in total. The molecule has 0 unspecified atom stereocenters. The Morgan fingerprint density at radius 1 is 1.24 bits per heavy atom. The van der Waals surface area contributed by atoms with Crippen molar-refractivity contribution in [1.29, 1.82) is 0 Å². The lowest BCUT2D eigenvalue weighted by molar-refractivity contribution is 0.0828. The van der Waals surface area contributed by atoms with E-state index in [4.69, 9.17) is 4.74 Å². The van der Waals surface area contributed by atoms with E-state index in [0.29, 0.717) is 11.8 Å². The normalized spacial score (nSPS) is 31.5. The van der Waals surface area contributed by atoms with Crippen LogP contribution in [0.3, 0.4) is 0 Å². The quantitative estimate of drug-likeness (QED) is 0.806. The molecule has 0 spiro atoms. The first-order valence-electron chi connectivity index (χ1n) is 6.63. The van der Waals surface area contributed by atoms with E-state index < -0.39 is 0 Å². The second-order valence-corrected chi connectivity index (χ2v) is 5.44. The van der Waals surface area contributed by atoms with Crippen molar-refractivity contribution in [1.82, 2.24) is 0 Å². The predicted molar refractivity (Wildman–Crippen MR) is 67.4 cm³/mol. The molecule has 0 amide bonds. The maximum Gasteiger partial charge on any atom is 0.119 e. The highest BCUT2D eigenvalue weighted by Gasteiger charge is 2.34. The van der Waals surface area contributed by atoms with Crippen LogP contribution >= 0.6 is 0 Å². The van der Waals surface area contributed by atoms with Crippen molar-refractivity contribution in [2.24, 2.45) is 5.92 Å². The van der Waals surface area contributed by atoms with Crippen LogP contribution in [0.25, 0.3) is 0 Å². The van der Waals surface area contributed by atoms with Crippen molar-refractivity contribution in [3.8, 4) is 5.75 Å². The molecule has 92 valence electrons. The highest BCUT2D eigenvalue weighted by atomic mass is 16.5. The fourth-order valence-corrected chi connectivity index (χ4v) is 3.60. The van der Waals surface area contributed by atoms with Gasteiger partial charge in [-0.3, -0.25) is 0 Å². The summed E-state index contributed by atoms with van der Waals surface area (Å²) in [6.45, 7) is 0. The Morgan fingerprint density at radius 3 is 2.94 bits per heavy atom. The molecule has 1 aromatic carbocycles. The SMILES string of the molecule is COc1ccc2c(c1)CC[C@H]1C[C@@H](O)CC[C@@H]21. The summed E-state index contributed by atoms with van der Waals surface area (Å²) in [6.07, 6.45) is 5.41. The molecule has 0 heterocycles. The summed E-state index contributed by atoms with van der Waals surface area (Å²) in [4.78, 5) is 0. The maximum atomic E-state index is 9.76. The molecule has 3 rings (SSSR count). The van der Waals surface area contributed by atoms with E-state index in [-0.39, 0.29) is 6.10 Å². The average molecular weight is 232 g/mol. The van der Waals surface area contributed by atoms with Crippen LogP contribution in [-0.2, 0) is 6.42 Å². The van der Waals surface area contributed by atoms with Gasteiger partial charge in [0.15, 0.2) is 0 Å². The molecule has 1 N–H and O–H groups in total. The van der Waals surface area contributed by atoms with Crippen LogP contribution < -0.4 is 4.74 Å². The van der Waals surface area contributed by atoms with E-state index in [0.717, 1.165) is 31.4 Å². The van der Waals surface area contributed by atoms with E-state index in [1.54, 1.807) is 7.11 Å². The number of hydrogen-bond donors (Lipinski definition) is 1. The topological polar surface area (TPSA) is 29.5 Å². The number of aliphatic hydroxyl groups excluding tert-OH is 1. The third-order valence-corrected chi connectivity index (χ3v) is 4.49. The molecule has 0 radical (unpaired) electrons. The molecule has 3 atom stereocenters. The molecular formula is C15H20O2. The van der Waals surface area contributed by atoms with Crippen molar-refractivity contribution in [3.05, 3.63) is 29.3 Å². The van der Waals surface area contributed by atoms with Crippen LogP contribution in [0.2, 0.25) is 0 Å². The van der Waals surface area contributed by atoms with Gasteiger partial charge in [-0.15, -0.1) is 0 Å². The summed E-state index contributed by atoms with van der Waals surface area (Å²) in [5.74, 6) is 2.34. The van der Waals surface area contributed by atoms with Gasteiger partial charge in [-0.25, -0.2) is 0 Å². The van der Waals surface area contributed by atoms with E-state index in [1.165, 1.54) is 17.5 Å². The lowest BCUT2D eigenvalue weighted by atomic mass is 9.67. The lowest BCUT2D eigenvalue weighted by Gasteiger charge is -2.39. The van der Waals surface area contributed by atoms with E-state index in [9.17, 15) is 5.11 Å². The highest BCUT2D eigenvalue weighted by molar-refractivity contribution is 5.40.